The van der Waals surface area contributed by atoms with Crippen molar-refractivity contribution in [2.75, 3.05) is 0 Å². The van der Waals surface area contributed by atoms with Crippen LogP contribution in [0.25, 0.3) is 22.9 Å². The quantitative estimate of drug-likeness (QED) is 0.284. The first-order valence-electron chi connectivity index (χ1n) is 10.6. The minimum absolute atomic E-state index is 0. The fourth-order valence-corrected chi connectivity index (χ4v) is 3.73. The summed E-state index contributed by atoms with van der Waals surface area (Å²) >= 11 is 0. The van der Waals surface area contributed by atoms with Crippen LogP contribution in [0.4, 0.5) is 4.39 Å². The molecule has 0 fully saturated rings. The molecule has 0 aliphatic rings. The zero-order valence-electron chi connectivity index (χ0n) is 19.2. The maximum absolute atomic E-state index is 13.5. The van der Waals surface area contributed by atoms with Crippen LogP contribution in [-0.2, 0) is 4.79 Å². The molecule has 0 saturated carbocycles. The summed E-state index contributed by atoms with van der Waals surface area (Å²) < 4.78 is 15.6. The van der Waals surface area contributed by atoms with Crippen LogP contribution in [0.5, 0.6) is 0 Å². The Labute approximate surface area is 215 Å². The first-order chi connectivity index (χ1) is 15.2. The van der Waals surface area contributed by atoms with Crippen molar-refractivity contribution in [3.63, 3.8) is 0 Å². The molecule has 0 unspecified atom stereocenters. The van der Waals surface area contributed by atoms with Crippen molar-refractivity contribution in [1.29, 1.82) is 0 Å². The predicted molar refractivity (Wildman–Crippen MR) is 120 cm³/mol. The summed E-state index contributed by atoms with van der Waals surface area (Å²) in [6.07, 6.45) is 6.28. The fraction of sp³-hybridized carbons (Fsp3) is 0.269. The normalized spacial score (nSPS) is 11.7. The Morgan fingerprint density at radius 3 is 2.33 bits per heavy atom. The number of carbonyl (C=O) groups is 1. The van der Waals surface area contributed by atoms with E-state index in [0.717, 1.165) is 28.1 Å². The van der Waals surface area contributed by atoms with Gasteiger partial charge < -0.3 is 24.7 Å². The maximum atomic E-state index is 13.5. The van der Waals surface area contributed by atoms with Gasteiger partial charge in [0.25, 0.3) is 0 Å². The number of aromatic nitrogens is 1. The van der Waals surface area contributed by atoms with Crippen LogP contribution in [0.1, 0.15) is 50.3 Å². The number of carbonyl (C=O) groups excluding carboxylic acids is 1. The largest absolute Gasteiger partial charge is 1.00 e. The van der Waals surface area contributed by atoms with Crippen LogP contribution in [0.15, 0.2) is 66.9 Å². The Morgan fingerprint density at radius 2 is 1.76 bits per heavy atom. The van der Waals surface area contributed by atoms with Gasteiger partial charge in [-0.05, 0) is 48.6 Å². The Hall–Kier alpha value is -2.22. The summed E-state index contributed by atoms with van der Waals surface area (Å²) in [4.78, 5) is 10.7. The summed E-state index contributed by atoms with van der Waals surface area (Å²) in [7, 11) is 0. The molecular weight excluding hydrogens is 432 g/mol. The Bertz CT molecular complexity index is 1090. The summed E-state index contributed by atoms with van der Waals surface area (Å²) in [5, 5.41) is 29.5. The number of carboxylic acids is 1. The van der Waals surface area contributed by atoms with E-state index >= 15 is 0 Å². The van der Waals surface area contributed by atoms with Gasteiger partial charge >= 0.3 is 29.6 Å². The molecule has 0 bridgehead atoms. The molecule has 1 heterocycles. The van der Waals surface area contributed by atoms with Gasteiger partial charge in [-0.3, -0.25) is 0 Å². The van der Waals surface area contributed by atoms with Crippen LogP contribution in [0, 0.1) is 5.82 Å². The van der Waals surface area contributed by atoms with Crippen molar-refractivity contribution in [3.8, 4) is 16.8 Å². The summed E-state index contributed by atoms with van der Waals surface area (Å²) in [6.45, 7) is 4.21. The van der Waals surface area contributed by atoms with Crippen molar-refractivity contribution in [1.82, 2.24) is 4.57 Å². The number of allylic oxidation sites excluding steroid dienone is 1. The second-order valence-corrected chi connectivity index (χ2v) is 8.11. The first-order valence-corrected chi connectivity index (χ1v) is 10.6. The van der Waals surface area contributed by atoms with Crippen molar-refractivity contribution >= 4 is 12.0 Å². The van der Waals surface area contributed by atoms with E-state index < -0.39 is 11.8 Å². The van der Waals surface area contributed by atoms with Crippen molar-refractivity contribution < 1.29 is 54.1 Å². The van der Waals surface area contributed by atoms with Crippen LogP contribution in [-0.4, -0.2) is 26.5 Å². The molecule has 1 aromatic heterocycles. The van der Waals surface area contributed by atoms with Crippen LogP contribution in [0.2, 0.25) is 0 Å². The number of unbranched alkanes of at least 4 members (excludes halogenated alkanes) is 1. The van der Waals surface area contributed by atoms with E-state index in [9.17, 15) is 24.5 Å². The maximum Gasteiger partial charge on any atom is 1.00 e. The van der Waals surface area contributed by atoms with Gasteiger partial charge in [0, 0.05) is 35.1 Å². The number of para-hydroxylation sites is 1. The predicted octanol–water partition coefficient (Wildman–Crippen LogP) is 1.03. The number of halogens is 1. The number of rotatable bonds is 9. The van der Waals surface area contributed by atoms with E-state index in [4.69, 9.17) is 0 Å². The molecule has 0 spiro atoms. The zero-order chi connectivity index (χ0) is 23.3. The third-order valence-corrected chi connectivity index (χ3v) is 5.33. The first kappa shape index (κ1) is 27.0. The van der Waals surface area contributed by atoms with Crippen molar-refractivity contribution in [2.45, 2.75) is 44.8 Å². The topological polar surface area (TPSA) is 85.5 Å². The van der Waals surface area contributed by atoms with Crippen LogP contribution in [0.3, 0.4) is 0 Å². The molecule has 3 aromatic rings. The fourth-order valence-electron chi connectivity index (χ4n) is 3.73. The second kappa shape index (κ2) is 11.8. The van der Waals surface area contributed by atoms with E-state index in [1.54, 1.807) is 12.1 Å². The van der Waals surface area contributed by atoms with Gasteiger partial charge in [-0.15, -0.1) is 0 Å². The number of benzene rings is 2. The average molecular weight is 459 g/mol. The summed E-state index contributed by atoms with van der Waals surface area (Å²) in [6, 6.07) is 16.3. The Balaban J connectivity index is 0.00000385. The number of aliphatic hydroxyl groups is 2. The van der Waals surface area contributed by atoms with E-state index in [0.29, 0.717) is 6.42 Å². The molecule has 0 atom stereocenters. The molecular formula is C26H27FNNaO4. The third kappa shape index (κ3) is 6.65. The molecule has 33 heavy (non-hydrogen) atoms. The van der Waals surface area contributed by atoms with Crippen molar-refractivity contribution in [2.24, 2.45) is 0 Å². The molecule has 3 rings (SSSR count). The average Bonchev–Trinajstić information content (AvgIpc) is 3.14. The van der Waals surface area contributed by atoms with E-state index in [1.807, 2.05) is 48.7 Å². The number of hydrogen-bond donors (Lipinski definition) is 2. The van der Waals surface area contributed by atoms with Gasteiger partial charge in [-0.2, -0.15) is 0 Å². The molecule has 168 valence electrons. The minimum atomic E-state index is -2.83. The van der Waals surface area contributed by atoms with Crippen LogP contribution >= 0.6 is 0 Å². The SMILES string of the molecule is CC(C)c1c(/C=C/CCCC(O)(O)C(=O)[O-])c(-c2ccc(F)cc2)cn1-c1ccccc1.[Na+]. The summed E-state index contributed by atoms with van der Waals surface area (Å²) in [5.41, 5.74) is 4.90. The second-order valence-electron chi connectivity index (χ2n) is 8.11. The van der Waals surface area contributed by atoms with Gasteiger partial charge in [0.2, 0.25) is 5.79 Å². The molecule has 2 N–H and O–H groups in total. The molecule has 0 radical (unpaired) electrons. The van der Waals surface area contributed by atoms with Gasteiger partial charge in [-0.1, -0.05) is 56.3 Å². The molecule has 0 aliphatic carbocycles. The minimum Gasteiger partial charge on any atom is -0.544 e. The van der Waals surface area contributed by atoms with Gasteiger partial charge in [0.1, 0.15) is 11.8 Å². The molecule has 2 aromatic carbocycles. The Kier molecular flexibility index (Phi) is 9.64. The number of nitrogens with zero attached hydrogens (tertiary/aromatic N) is 1. The number of aliphatic carboxylic acids is 1. The molecule has 7 heteroatoms. The van der Waals surface area contributed by atoms with Gasteiger partial charge in [0.05, 0.1) is 0 Å². The number of hydrogen-bond acceptors (Lipinski definition) is 4. The molecule has 0 aliphatic heterocycles. The van der Waals surface area contributed by atoms with E-state index in [1.165, 1.54) is 12.1 Å². The standard InChI is InChI=1S/C26H28FNO4.Na/c1-18(2)24-22(11-7-4-8-16-26(31,32)25(29)30)23(19-12-14-20(27)15-13-19)17-28(24)21-9-5-3-6-10-21;/h3,5-7,9-15,17-18,31-32H,4,8,16H2,1-2H3,(H,29,30);/q;+1/p-1/b11-7+;. The third-order valence-electron chi connectivity index (χ3n) is 5.33. The number of carboxylic acid groups (broad SMARTS) is 1. The van der Waals surface area contributed by atoms with E-state index in [-0.39, 0.29) is 54.1 Å². The molecule has 0 amide bonds. The van der Waals surface area contributed by atoms with Crippen molar-refractivity contribution in [3.05, 3.63) is 83.9 Å². The molecule has 0 saturated heterocycles. The van der Waals surface area contributed by atoms with Gasteiger partial charge in [0.15, 0.2) is 0 Å². The Morgan fingerprint density at radius 1 is 1.12 bits per heavy atom. The zero-order valence-corrected chi connectivity index (χ0v) is 21.2. The van der Waals surface area contributed by atoms with Crippen LogP contribution < -0.4 is 34.7 Å². The van der Waals surface area contributed by atoms with E-state index in [2.05, 4.69) is 18.4 Å². The smallest absolute Gasteiger partial charge is 0.544 e. The summed E-state index contributed by atoms with van der Waals surface area (Å²) in [5.74, 6) is -4.85. The molecule has 5 nitrogen and oxygen atoms in total. The van der Waals surface area contributed by atoms with Gasteiger partial charge in [-0.25, -0.2) is 4.39 Å². The monoisotopic (exact) mass is 459 g/mol.